The molecule has 2 aliphatic heterocycles. The number of carbonyl (C=O) groups excluding carboxylic acids is 1. The van der Waals surface area contributed by atoms with Crippen LogP contribution in [0.4, 0.5) is 5.69 Å². The standard InChI is InChI=1S/C16H22N2O2S/c19-15-10-13(17-11-16(20)7-9-21-12-16)6-8-18(15)14-4-2-1-3-5-14/h1-5,13,17,20H,6-12H2/t13-,16-/m1/s1. The molecular weight excluding hydrogens is 284 g/mol. The Morgan fingerprint density at radius 1 is 1.38 bits per heavy atom. The summed E-state index contributed by atoms with van der Waals surface area (Å²) in [6, 6.07) is 10.0. The number of carbonyl (C=O) groups is 1. The second-order valence-corrected chi connectivity index (χ2v) is 7.08. The van der Waals surface area contributed by atoms with Gasteiger partial charge in [-0.3, -0.25) is 4.79 Å². The van der Waals surface area contributed by atoms with Gasteiger partial charge in [0.1, 0.15) is 0 Å². The van der Waals surface area contributed by atoms with E-state index in [1.54, 1.807) is 11.8 Å². The number of hydrogen-bond donors (Lipinski definition) is 2. The number of nitrogens with one attached hydrogen (secondary N) is 1. The van der Waals surface area contributed by atoms with Gasteiger partial charge in [-0.1, -0.05) is 18.2 Å². The van der Waals surface area contributed by atoms with Crippen molar-refractivity contribution in [1.29, 1.82) is 0 Å². The number of piperidine rings is 1. The molecule has 21 heavy (non-hydrogen) atoms. The Morgan fingerprint density at radius 2 is 2.19 bits per heavy atom. The third-order valence-electron chi connectivity index (χ3n) is 4.29. The fraction of sp³-hybridized carbons (Fsp3) is 0.562. The number of rotatable bonds is 4. The molecule has 1 aromatic rings. The van der Waals surface area contributed by atoms with E-state index in [1.807, 2.05) is 35.2 Å². The summed E-state index contributed by atoms with van der Waals surface area (Å²) in [6.45, 7) is 1.34. The van der Waals surface area contributed by atoms with Gasteiger partial charge in [0.2, 0.25) is 5.91 Å². The predicted octanol–water partition coefficient (Wildman–Crippen LogP) is 1.64. The second kappa shape index (κ2) is 6.38. The summed E-state index contributed by atoms with van der Waals surface area (Å²) >= 11 is 1.80. The minimum Gasteiger partial charge on any atom is -0.388 e. The summed E-state index contributed by atoms with van der Waals surface area (Å²) in [5.74, 6) is 2.00. The van der Waals surface area contributed by atoms with Gasteiger partial charge in [0.15, 0.2) is 0 Å². The van der Waals surface area contributed by atoms with Gasteiger partial charge >= 0.3 is 0 Å². The molecule has 2 aliphatic rings. The molecule has 0 aromatic heterocycles. The number of thioether (sulfide) groups is 1. The number of amides is 1. The van der Waals surface area contributed by atoms with Crippen molar-refractivity contribution in [3.8, 4) is 0 Å². The van der Waals surface area contributed by atoms with Gasteiger partial charge < -0.3 is 15.3 Å². The molecule has 0 spiro atoms. The highest BCUT2D eigenvalue weighted by Crippen LogP contribution is 2.28. The predicted molar refractivity (Wildman–Crippen MR) is 86.7 cm³/mol. The number of hydrogen-bond acceptors (Lipinski definition) is 4. The molecule has 2 saturated heterocycles. The third kappa shape index (κ3) is 3.59. The first kappa shape index (κ1) is 14.9. The van der Waals surface area contributed by atoms with Gasteiger partial charge in [-0.05, 0) is 30.7 Å². The van der Waals surface area contributed by atoms with Crippen molar-refractivity contribution in [2.24, 2.45) is 0 Å². The molecule has 0 aliphatic carbocycles. The van der Waals surface area contributed by atoms with E-state index in [4.69, 9.17) is 0 Å². The minimum absolute atomic E-state index is 0.165. The Morgan fingerprint density at radius 3 is 2.86 bits per heavy atom. The maximum atomic E-state index is 12.3. The molecule has 1 aromatic carbocycles. The van der Waals surface area contributed by atoms with Crippen LogP contribution in [0.1, 0.15) is 19.3 Å². The van der Waals surface area contributed by atoms with E-state index in [-0.39, 0.29) is 11.9 Å². The number of aliphatic hydroxyl groups is 1. The summed E-state index contributed by atoms with van der Waals surface area (Å²) in [4.78, 5) is 14.2. The number of benzene rings is 1. The van der Waals surface area contributed by atoms with Gasteiger partial charge in [-0.25, -0.2) is 0 Å². The van der Waals surface area contributed by atoms with E-state index in [0.717, 1.165) is 36.6 Å². The molecule has 0 bridgehead atoms. The lowest BCUT2D eigenvalue weighted by atomic mass is 10.00. The van der Waals surface area contributed by atoms with Crippen LogP contribution in [0.2, 0.25) is 0 Å². The lowest BCUT2D eigenvalue weighted by Crippen LogP contribution is -2.50. The van der Waals surface area contributed by atoms with Gasteiger partial charge in [-0.2, -0.15) is 11.8 Å². The van der Waals surface area contributed by atoms with E-state index in [0.29, 0.717) is 13.0 Å². The Labute approximate surface area is 129 Å². The van der Waals surface area contributed by atoms with E-state index < -0.39 is 5.60 Å². The maximum absolute atomic E-state index is 12.3. The summed E-state index contributed by atoms with van der Waals surface area (Å²) in [6.07, 6.45) is 2.30. The van der Waals surface area contributed by atoms with Gasteiger partial charge in [0.05, 0.1) is 5.60 Å². The van der Waals surface area contributed by atoms with Crippen molar-refractivity contribution < 1.29 is 9.90 Å². The largest absolute Gasteiger partial charge is 0.388 e. The molecule has 1 amide bonds. The molecule has 2 heterocycles. The lowest BCUT2D eigenvalue weighted by Gasteiger charge is -2.34. The molecule has 3 rings (SSSR count). The fourth-order valence-electron chi connectivity index (χ4n) is 2.96. The lowest BCUT2D eigenvalue weighted by molar-refractivity contribution is -0.120. The van der Waals surface area contributed by atoms with Crippen LogP contribution in [0.3, 0.4) is 0 Å². The average molecular weight is 306 g/mol. The van der Waals surface area contributed by atoms with Crippen LogP contribution in [-0.4, -0.2) is 47.3 Å². The van der Waals surface area contributed by atoms with Crippen molar-refractivity contribution in [1.82, 2.24) is 5.32 Å². The molecule has 2 N–H and O–H groups in total. The molecule has 4 nitrogen and oxygen atoms in total. The summed E-state index contributed by atoms with van der Waals surface area (Å²) in [5, 5.41) is 13.7. The van der Waals surface area contributed by atoms with Crippen LogP contribution in [0.25, 0.3) is 0 Å². The number of anilines is 1. The zero-order valence-corrected chi connectivity index (χ0v) is 12.9. The van der Waals surface area contributed by atoms with Crippen LogP contribution in [0.5, 0.6) is 0 Å². The monoisotopic (exact) mass is 306 g/mol. The Bertz CT molecular complexity index is 488. The topological polar surface area (TPSA) is 52.6 Å². The van der Waals surface area contributed by atoms with Crippen LogP contribution >= 0.6 is 11.8 Å². The average Bonchev–Trinajstić information content (AvgIpc) is 2.93. The van der Waals surface area contributed by atoms with Gasteiger partial charge in [0.25, 0.3) is 0 Å². The molecule has 5 heteroatoms. The Hall–Kier alpha value is -1.04. The Balaban J connectivity index is 1.52. The number of nitrogens with zero attached hydrogens (tertiary/aromatic N) is 1. The summed E-state index contributed by atoms with van der Waals surface area (Å²) in [7, 11) is 0. The Kier molecular flexibility index (Phi) is 4.52. The zero-order valence-electron chi connectivity index (χ0n) is 12.1. The van der Waals surface area contributed by atoms with Crippen molar-refractivity contribution in [3.05, 3.63) is 30.3 Å². The molecule has 2 fully saturated rings. The smallest absolute Gasteiger partial charge is 0.228 e. The first-order chi connectivity index (χ1) is 10.2. The van der Waals surface area contributed by atoms with Crippen molar-refractivity contribution in [2.45, 2.75) is 30.9 Å². The van der Waals surface area contributed by atoms with Crippen molar-refractivity contribution in [3.63, 3.8) is 0 Å². The van der Waals surface area contributed by atoms with E-state index in [1.165, 1.54) is 0 Å². The van der Waals surface area contributed by atoms with E-state index >= 15 is 0 Å². The normalized spacial score (nSPS) is 29.9. The van der Waals surface area contributed by atoms with Gasteiger partial charge in [-0.15, -0.1) is 0 Å². The van der Waals surface area contributed by atoms with Crippen LogP contribution in [0, 0.1) is 0 Å². The van der Waals surface area contributed by atoms with Crippen molar-refractivity contribution >= 4 is 23.4 Å². The van der Waals surface area contributed by atoms with Gasteiger partial charge in [0, 0.05) is 37.0 Å². The molecule has 114 valence electrons. The maximum Gasteiger partial charge on any atom is 0.228 e. The summed E-state index contributed by atoms with van der Waals surface area (Å²) in [5.41, 5.74) is 0.399. The van der Waals surface area contributed by atoms with Crippen molar-refractivity contribution in [2.75, 3.05) is 29.5 Å². The molecule has 0 unspecified atom stereocenters. The molecule has 0 radical (unpaired) electrons. The second-order valence-electron chi connectivity index (χ2n) is 5.98. The van der Waals surface area contributed by atoms with Crippen LogP contribution in [0.15, 0.2) is 30.3 Å². The third-order valence-corrected chi connectivity index (χ3v) is 5.53. The highest BCUT2D eigenvalue weighted by molar-refractivity contribution is 7.99. The highest BCUT2D eigenvalue weighted by Gasteiger charge is 2.33. The first-order valence-electron chi connectivity index (χ1n) is 7.55. The highest BCUT2D eigenvalue weighted by atomic mass is 32.2. The molecule has 2 atom stereocenters. The summed E-state index contributed by atoms with van der Waals surface area (Å²) < 4.78 is 0. The molecular formula is C16H22N2O2S. The number of para-hydroxylation sites is 1. The van der Waals surface area contributed by atoms with E-state index in [9.17, 15) is 9.90 Å². The van der Waals surface area contributed by atoms with Crippen LogP contribution in [-0.2, 0) is 4.79 Å². The first-order valence-corrected chi connectivity index (χ1v) is 8.71. The molecule has 0 saturated carbocycles. The minimum atomic E-state index is -0.579. The quantitative estimate of drug-likeness (QED) is 0.888. The zero-order chi connectivity index (χ0) is 14.7. The fourth-order valence-corrected chi connectivity index (χ4v) is 4.25. The SMILES string of the molecule is O=C1C[C@H](NC[C@]2(O)CCSC2)CCN1c1ccccc1. The van der Waals surface area contributed by atoms with Crippen LogP contribution < -0.4 is 10.2 Å². The van der Waals surface area contributed by atoms with E-state index in [2.05, 4.69) is 5.32 Å².